The van der Waals surface area contributed by atoms with E-state index in [1.54, 1.807) is 0 Å². The van der Waals surface area contributed by atoms with Crippen LogP contribution in [-0.4, -0.2) is 31.2 Å². The topological polar surface area (TPSA) is 35.5 Å². The first-order valence-electron chi connectivity index (χ1n) is 5.09. The van der Waals surface area contributed by atoms with Crippen LogP contribution in [0.3, 0.4) is 0 Å². The Bertz CT molecular complexity index is 179. The highest BCUT2D eigenvalue weighted by molar-refractivity contribution is 5.64. The first kappa shape index (κ1) is 9.16. The normalized spacial score (nSPS) is 40.5. The number of carbonyl (C=O) groups is 1. The molecule has 0 amide bonds. The zero-order chi connectivity index (χ0) is 9.15. The molecule has 2 fully saturated rings. The largest absolute Gasteiger partial charge is 0.375 e. The predicted octanol–water partition coefficient (Wildman–Crippen LogP) is 1.30. The predicted molar refractivity (Wildman–Crippen MR) is 47.6 cm³/mol. The zero-order valence-corrected chi connectivity index (χ0v) is 7.83. The molecule has 3 nitrogen and oxygen atoms in total. The summed E-state index contributed by atoms with van der Waals surface area (Å²) in [6.45, 7) is 1.49. The molecule has 0 aromatic rings. The number of ether oxygens (including phenoxy) is 2. The van der Waals surface area contributed by atoms with Crippen molar-refractivity contribution in [2.24, 2.45) is 0 Å². The molecular weight excluding hydrogens is 168 g/mol. The quantitative estimate of drug-likeness (QED) is 0.607. The maximum absolute atomic E-state index is 11.1. The van der Waals surface area contributed by atoms with Gasteiger partial charge >= 0.3 is 0 Å². The van der Waals surface area contributed by atoms with E-state index in [0.29, 0.717) is 6.61 Å². The number of aldehydes is 1. The molecule has 2 saturated heterocycles. The zero-order valence-electron chi connectivity index (χ0n) is 7.83. The Morgan fingerprint density at radius 1 is 1.23 bits per heavy atom. The highest BCUT2D eigenvalue weighted by Gasteiger charge is 2.43. The van der Waals surface area contributed by atoms with E-state index >= 15 is 0 Å². The van der Waals surface area contributed by atoms with Crippen LogP contribution >= 0.6 is 0 Å². The molecule has 0 bridgehead atoms. The first-order valence-corrected chi connectivity index (χ1v) is 5.09. The van der Waals surface area contributed by atoms with Gasteiger partial charge in [0.2, 0.25) is 0 Å². The number of hydrogen-bond acceptors (Lipinski definition) is 3. The summed E-state index contributed by atoms with van der Waals surface area (Å²) >= 11 is 0. The van der Waals surface area contributed by atoms with Gasteiger partial charge in [-0.3, -0.25) is 0 Å². The second-order valence-corrected chi connectivity index (χ2v) is 3.88. The Labute approximate surface area is 78.4 Å². The third-order valence-corrected chi connectivity index (χ3v) is 3.01. The summed E-state index contributed by atoms with van der Waals surface area (Å²) in [5.41, 5.74) is -0.602. The van der Waals surface area contributed by atoms with Crippen molar-refractivity contribution >= 4 is 6.29 Å². The number of rotatable bonds is 2. The molecule has 0 aromatic carbocycles. The van der Waals surface area contributed by atoms with Crippen LogP contribution < -0.4 is 0 Å². The molecule has 2 atom stereocenters. The van der Waals surface area contributed by atoms with Crippen molar-refractivity contribution in [3.05, 3.63) is 0 Å². The van der Waals surface area contributed by atoms with Gasteiger partial charge in [0.05, 0.1) is 6.10 Å². The molecular formula is C10H16O3. The SMILES string of the molecule is O=CC1(C2CCCO2)CCCCO1. The van der Waals surface area contributed by atoms with Gasteiger partial charge in [0.25, 0.3) is 0 Å². The standard InChI is InChI=1S/C10H16O3/c11-8-10(5-1-2-7-13-10)9-4-3-6-12-9/h8-9H,1-7H2. The number of carbonyl (C=O) groups excluding carboxylic acids is 1. The molecule has 13 heavy (non-hydrogen) atoms. The minimum absolute atomic E-state index is 0.0188. The molecule has 2 unspecified atom stereocenters. The maximum Gasteiger partial charge on any atom is 0.154 e. The lowest BCUT2D eigenvalue weighted by Gasteiger charge is -2.36. The van der Waals surface area contributed by atoms with Crippen LogP contribution in [0.25, 0.3) is 0 Å². The maximum atomic E-state index is 11.1. The fraction of sp³-hybridized carbons (Fsp3) is 0.900. The summed E-state index contributed by atoms with van der Waals surface area (Å²) < 4.78 is 11.1. The summed E-state index contributed by atoms with van der Waals surface area (Å²) in [6.07, 6.45) is 6.00. The fourth-order valence-electron chi connectivity index (χ4n) is 2.22. The minimum Gasteiger partial charge on any atom is -0.375 e. The van der Waals surface area contributed by atoms with E-state index in [-0.39, 0.29) is 6.10 Å². The summed E-state index contributed by atoms with van der Waals surface area (Å²) in [7, 11) is 0. The van der Waals surface area contributed by atoms with Gasteiger partial charge in [0.1, 0.15) is 5.60 Å². The van der Waals surface area contributed by atoms with E-state index in [1.807, 2.05) is 0 Å². The minimum atomic E-state index is -0.602. The smallest absolute Gasteiger partial charge is 0.154 e. The van der Waals surface area contributed by atoms with Crippen LogP contribution in [0.15, 0.2) is 0 Å². The number of hydrogen-bond donors (Lipinski definition) is 0. The Hall–Kier alpha value is -0.410. The molecule has 2 aliphatic heterocycles. The van der Waals surface area contributed by atoms with E-state index in [2.05, 4.69) is 0 Å². The molecule has 0 radical (unpaired) electrons. The van der Waals surface area contributed by atoms with Gasteiger partial charge in [-0.1, -0.05) is 0 Å². The van der Waals surface area contributed by atoms with Crippen LogP contribution in [-0.2, 0) is 14.3 Å². The second kappa shape index (κ2) is 3.76. The molecule has 2 aliphatic rings. The van der Waals surface area contributed by atoms with Gasteiger partial charge in [-0.05, 0) is 32.1 Å². The lowest BCUT2D eigenvalue weighted by atomic mass is 9.88. The third-order valence-electron chi connectivity index (χ3n) is 3.01. The molecule has 2 rings (SSSR count). The van der Waals surface area contributed by atoms with Crippen molar-refractivity contribution in [1.82, 2.24) is 0 Å². The first-order chi connectivity index (χ1) is 6.37. The highest BCUT2D eigenvalue weighted by atomic mass is 16.6. The van der Waals surface area contributed by atoms with Crippen molar-refractivity contribution in [3.8, 4) is 0 Å². The van der Waals surface area contributed by atoms with E-state index in [0.717, 1.165) is 45.0 Å². The highest BCUT2D eigenvalue weighted by Crippen LogP contribution is 2.33. The average Bonchev–Trinajstić information content (AvgIpc) is 2.72. The molecule has 2 heterocycles. The van der Waals surface area contributed by atoms with E-state index < -0.39 is 5.60 Å². The Morgan fingerprint density at radius 2 is 2.15 bits per heavy atom. The van der Waals surface area contributed by atoms with E-state index in [4.69, 9.17) is 9.47 Å². The van der Waals surface area contributed by atoms with Gasteiger partial charge in [-0.15, -0.1) is 0 Å². The van der Waals surface area contributed by atoms with Crippen molar-refractivity contribution in [3.63, 3.8) is 0 Å². The van der Waals surface area contributed by atoms with Gasteiger partial charge in [-0.2, -0.15) is 0 Å². The van der Waals surface area contributed by atoms with Crippen molar-refractivity contribution in [2.45, 2.75) is 43.8 Å². The molecule has 0 saturated carbocycles. The van der Waals surface area contributed by atoms with Gasteiger partial charge in [0.15, 0.2) is 6.29 Å². The van der Waals surface area contributed by atoms with Crippen LogP contribution in [0.5, 0.6) is 0 Å². The van der Waals surface area contributed by atoms with Crippen LogP contribution in [0.1, 0.15) is 32.1 Å². The van der Waals surface area contributed by atoms with Crippen LogP contribution in [0.2, 0.25) is 0 Å². The molecule has 0 aromatic heterocycles. The lowest BCUT2D eigenvalue weighted by Crippen LogP contribution is -2.48. The Morgan fingerprint density at radius 3 is 2.69 bits per heavy atom. The van der Waals surface area contributed by atoms with E-state index in [9.17, 15) is 4.79 Å². The van der Waals surface area contributed by atoms with Gasteiger partial charge in [0, 0.05) is 13.2 Å². The molecule has 74 valence electrons. The van der Waals surface area contributed by atoms with Crippen molar-refractivity contribution in [2.75, 3.05) is 13.2 Å². The Kier molecular flexibility index (Phi) is 2.65. The average molecular weight is 184 g/mol. The molecule has 0 spiro atoms. The van der Waals surface area contributed by atoms with Crippen LogP contribution in [0, 0.1) is 0 Å². The summed E-state index contributed by atoms with van der Waals surface area (Å²) in [6, 6.07) is 0. The van der Waals surface area contributed by atoms with Gasteiger partial charge < -0.3 is 14.3 Å². The lowest BCUT2D eigenvalue weighted by molar-refractivity contribution is -0.162. The van der Waals surface area contributed by atoms with Crippen molar-refractivity contribution < 1.29 is 14.3 Å². The molecule has 0 N–H and O–H groups in total. The van der Waals surface area contributed by atoms with Gasteiger partial charge in [-0.25, -0.2) is 0 Å². The molecule has 0 aliphatic carbocycles. The fourth-order valence-corrected chi connectivity index (χ4v) is 2.22. The third kappa shape index (κ3) is 1.63. The second-order valence-electron chi connectivity index (χ2n) is 3.88. The summed E-state index contributed by atoms with van der Waals surface area (Å²) in [5.74, 6) is 0. The summed E-state index contributed by atoms with van der Waals surface area (Å²) in [5, 5.41) is 0. The molecule has 3 heteroatoms. The monoisotopic (exact) mass is 184 g/mol. The summed E-state index contributed by atoms with van der Waals surface area (Å²) in [4.78, 5) is 11.1. The Balaban J connectivity index is 2.07. The van der Waals surface area contributed by atoms with E-state index in [1.165, 1.54) is 0 Å². The van der Waals surface area contributed by atoms with Crippen molar-refractivity contribution in [1.29, 1.82) is 0 Å². The van der Waals surface area contributed by atoms with Crippen LogP contribution in [0.4, 0.5) is 0 Å².